The van der Waals surface area contributed by atoms with Gasteiger partial charge in [-0.05, 0) is 37.6 Å². The molecule has 122 valence electrons. The highest BCUT2D eigenvalue weighted by Crippen LogP contribution is 2.09. The number of ether oxygens (including phenoxy) is 1. The Morgan fingerprint density at radius 3 is 2.55 bits per heavy atom. The van der Waals surface area contributed by atoms with Crippen LogP contribution in [0.25, 0.3) is 0 Å². The molecule has 0 radical (unpaired) electrons. The first-order valence-corrected chi connectivity index (χ1v) is 8.25. The average molecular weight is 328 g/mol. The van der Waals surface area contributed by atoms with Crippen LogP contribution in [0.4, 0.5) is 10.1 Å². The molecule has 22 heavy (non-hydrogen) atoms. The van der Waals surface area contributed by atoms with Gasteiger partial charge in [0.2, 0.25) is 11.8 Å². The molecule has 0 bridgehead atoms. The van der Waals surface area contributed by atoms with Crippen molar-refractivity contribution in [1.82, 2.24) is 5.32 Å². The molecule has 2 N–H and O–H groups in total. The molecular weight excluding hydrogens is 307 g/mol. The van der Waals surface area contributed by atoms with Crippen molar-refractivity contribution in [3.05, 3.63) is 30.1 Å². The van der Waals surface area contributed by atoms with Crippen molar-refractivity contribution in [3.8, 4) is 0 Å². The lowest BCUT2D eigenvalue weighted by molar-refractivity contribution is -0.118. The van der Waals surface area contributed by atoms with Gasteiger partial charge >= 0.3 is 0 Å². The molecule has 0 heterocycles. The topological polar surface area (TPSA) is 67.4 Å². The van der Waals surface area contributed by atoms with Gasteiger partial charge in [0.25, 0.3) is 0 Å². The molecule has 0 aliphatic carbocycles. The molecule has 0 aliphatic heterocycles. The van der Waals surface area contributed by atoms with Gasteiger partial charge < -0.3 is 15.4 Å². The van der Waals surface area contributed by atoms with E-state index in [2.05, 4.69) is 10.6 Å². The van der Waals surface area contributed by atoms with Crippen LogP contribution < -0.4 is 10.6 Å². The standard InChI is InChI=1S/C15H21FN2O3S/c1-2-21-9-3-8-17-14(19)10-22-11-15(20)18-13-6-4-12(16)5-7-13/h4-7H,2-3,8-11H2,1H3,(H,17,19)(H,18,20). The summed E-state index contributed by atoms with van der Waals surface area (Å²) in [6.45, 7) is 3.80. The van der Waals surface area contributed by atoms with E-state index in [1.54, 1.807) is 0 Å². The Morgan fingerprint density at radius 2 is 1.86 bits per heavy atom. The summed E-state index contributed by atoms with van der Waals surface area (Å²) in [5.41, 5.74) is 0.535. The molecule has 0 spiro atoms. The molecule has 1 aromatic rings. The number of anilines is 1. The number of thioether (sulfide) groups is 1. The number of amides is 2. The van der Waals surface area contributed by atoms with Gasteiger partial charge in [-0.1, -0.05) is 0 Å². The van der Waals surface area contributed by atoms with E-state index in [4.69, 9.17) is 4.74 Å². The van der Waals surface area contributed by atoms with E-state index in [0.29, 0.717) is 25.4 Å². The van der Waals surface area contributed by atoms with E-state index >= 15 is 0 Å². The van der Waals surface area contributed by atoms with Gasteiger partial charge in [0.15, 0.2) is 0 Å². The summed E-state index contributed by atoms with van der Waals surface area (Å²) in [7, 11) is 0. The number of halogens is 1. The van der Waals surface area contributed by atoms with Gasteiger partial charge in [-0.2, -0.15) is 0 Å². The van der Waals surface area contributed by atoms with E-state index in [-0.39, 0.29) is 29.1 Å². The molecule has 2 amide bonds. The third-order valence-corrected chi connectivity index (χ3v) is 3.52. The lowest BCUT2D eigenvalue weighted by Crippen LogP contribution is -2.27. The maximum absolute atomic E-state index is 12.7. The highest BCUT2D eigenvalue weighted by atomic mass is 32.2. The van der Waals surface area contributed by atoms with E-state index < -0.39 is 0 Å². The van der Waals surface area contributed by atoms with E-state index in [1.165, 1.54) is 36.0 Å². The molecule has 5 nitrogen and oxygen atoms in total. The fourth-order valence-electron chi connectivity index (χ4n) is 1.56. The van der Waals surface area contributed by atoms with Gasteiger partial charge in [0.05, 0.1) is 11.5 Å². The van der Waals surface area contributed by atoms with Gasteiger partial charge in [-0.15, -0.1) is 11.8 Å². The molecule has 0 saturated heterocycles. The molecule has 0 unspecified atom stereocenters. The molecule has 0 aromatic heterocycles. The predicted octanol–water partition coefficient (Wildman–Crippen LogP) is 2.04. The van der Waals surface area contributed by atoms with Gasteiger partial charge in [0, 0.05) is 25.4 Å². The van der Waals surface area contributed by atoms with Gasteiger partial charge in [-0.3, -0.25) is 9.59 Å². The summed E-state index contributed by atoms with van der Waals surface area (Å²) in [5, 5.41) is 5.39. The summed E-state index contributed by atoms with van der Waals surface area (Å²) in [6.07, 6.45) is 0.773. The molecule has 0 aliphatic rings. The molecule has 1 rings (SSSR count). The Hall–Kier alpha value is -1.60. The van der Waals surface area contributed by atoms with Crippen molar-refractivity contribution in [1.29, 1.82) is 0 Å². The summed E-state index contributed by atoms with van der Waals surface area (Å²) in [5.74, 6) is -0.278. The molecule has 0 fully saturated rings. The van der Waals surface area contributed by atoms with Crippen molar-refractivity contribution in [2.75, 3.05) is 36.6 Å². The number of benzene rings is 1. The average Bonchev–Trinajstić information content (AvgIpc) is 2.49. The second-order valence-electron chi connectivity index (χ2n) is 4.45. The number of carbonyl (C=O) groups is 2. The van der Waals surface area contributed by atoms with E-state index in [0.717, 1.165) is 6.42 Å². The third-order valence-electron chi connectivity index (χ3n) is 2.59. The van der Waals surface area contributed by atoms with Crippen LogP contribution in [-0.2, 0) is 14.3 Å². The number of rotatable bonds is 10. The van der Waals surface area contributed by atoms with Crippen LogP contribution >= 0.6 is 11.8 Å². The predicted molar refractivity (Wildman–Crippen MR) is 86.5 cm³/mol. The smallest absolute Gasteiger partial charge is 0.234 e. The Bertz CT molecular complexity index is 468. The second-order valence-corrected chi connectivity index (χ2v) is 5.43. The van der Waals surface area contributed by atoms with Gasteiger partial charge in [0.1, 0.15) is 5.82 Å². The number of nitrogens with one attached hydrogen (secondary N) is 2. The molecule has 1 aromatic carbocycles. The second kappa shape index (κ2) is 11.0. The van der Waals surface area contributed by atoms with Crippen molar-refractivity contribution < 1.29 is 18.7 Å². The maximum atomic E-state index is 12.7. The minimum atomic E-state index is -0.353. The normalized spacial score (nSPS) is 10.3. The van der Waals surface area contributed by atoms with Crippen LogP contribution in [0.5, 0.6) is 0 Å². The zero-order valence-corrected chi connectivity index (χ0v) is 13.4. The first-order valence-electron chi connectivity index (χ1n) is 7.09. The van der Waals surface area contributed by atoms with Crippen LogP contribution in [-0.4, -0.2) is 43.1 Å². The number of carbonyl (C=O) groups excluding carboxylic acids is 2. The first-order chi connectivity index (χ1) is 10.6. The van der Waals surface area contributed by atoms with Crippen LogP contribution in [0.1, 0.15) is 13.3 Å². The van der Waals surface area contributed by atoms with Crippen molar-refractivity contribution in [3.63, 3.8) is 0 Å². The minimum absolute atomic E-state index is 0.101. The van der Waals surface area contributed by atoms with Crippen LogP contribution in [0.2, 0.25) is 0 Å². The zero-order valence-electron chi connectivity index (χ0n) is 12.6. The monoisotopic (exact) mass is 328 g/mol. The Morgan fingerprint density at radius 1 is 1.18 bits per heavy atom. The lowest BCUT2D eigenvalue weighted by Gasteiger charge is -2.06. The third kappa shape index (κ3) is 8.63. The quantitative estimate of drug-likeness (QED) is 0.645. The van der Waals surface area contributed by atoms with Crippen LogP contribution in [0.3, 0.4) is 0 Å². The summed E-state index contributed by atoms with van der Waals surface area (Å²) in [6, 6.07) is 5.53. The number of hydrogen-bond acceptors (Lipinski definition) is 4. The summed E-state index contributed by atoms with van der Waals surface area (Å²) < 4.78 is 17.9. The fraction of sp³-hybridized carbons (Fsp3) is 0.467. The highest BCUT2D eigenvalue weighted by Gasteiger charge is 2.06. The molecule has 7 heteroatoms. The number of hydrogen-bond donors (Lipinski definition) is 2. The van der Waals surface area contributed by atoms with E-state index in [9.17, 15) is 14.0 Å². The van der Waals surface area contributed by atoms with Gasteiger partial charge in [-0.25, -0.2) is 4.39 Å². The fourth-order valence-corrected chi connectivity index (χ4v) is 2.21. The largest absolute Gasteiger partial charge is 0.382 e. The maximum Gasteiger partial charge on any atom is 0.234 e. The van der Waals surface area contributed by atoms with Crippen LogP contribution in [0, 0.1) is 5.82 Å². The van der Waals surface area contributed by atoms with Crippen molar-refractivity contribution in [2.24, 2.45) is 0 Å². The first kappa shape index (κ1) is 18.4. The van der Waals surface area contributed by atoms with Crippen LogP contribution in [0.15, 0.2) is 24.3 Å². The Kier molecular flexibility index (Phi) is 9.25. The molecule has 0 atom stereocenters. The summed E-state index contributed by atoms with van der Waals surface area (Å²) >= 11 is 1.23. The van der Waals surface area contributed by atoms with E-state index in [1.807, 2.05) is 6.92 Å². The summed E-state index contributed by atoms with van der Waals surface area (Å²) in [4.78, 5) is 23.1. The minimum Gasteiger partial charge on any atom is -0.382 e. The Balaban J connectivity index is 2.09. The molecular formula is C15H21FN2O3S. The SMILES string of the molecule is CCOCCCNC(=O)CSCC(=O)Nc1ccc(F)cc1. The Labute approximate surface area is 134 Å². The van der Waals surface area contributed by atoms with Crippen molar-refractivity contribution >= 4 is 29.3 Å². The lowest BCUT2D eigenvalue weighted by atomic mass is 10.3. The molecule has 0 saturated carbocycles. The highest BCUT2D eigenvalue weighted by molar-refractivity contribution is 8.00. The zero-order chi connectivity index (χ0) is 16.2. The van der Waals surface area contributed by atoms with Crippen molar-refractivity contribution in [2.45, 2.75) is 13.3 Å².